The van der Waals surface area contributed by atoms with Gasteiger partial charge in [0, 0.05) is 24.6 Å². The number of non-ortho nitro benzene ring substituents is 1. The Morgan fingerprint density at radius 1 is 1.23 bits per heavy atom. The molecular weight excluding hydrogens is 388 g/mol. The number of fused-ring (bicyclic) bond motifs is 1. The Hall–Kier alpha value is -3.56. The van der Waals surface area contributed by atoms with Crippen LogP contribution in [0, 0.1) is 16.0 Å². The lowest BCUT2D eigenvalue weighted by Gasteiger charge is -2.12. The number of nitro groups is 1. The molecule has 0 aliphatic heterocycles. The zero-order chi connectivity index (χ0) is 21.7. The van der Waals surface area contributed by atoms with Crippen LogP contribution in [0.2, 0.25) is 0 Å². The fourth-order valence-electron chi connectivity index (χ4n) is 3.28. The Morgan fingerprint density at radius 3 is 2.57 bits per heavy atom. The first-order chi connectivity index (χ1) is 14.4. The fourth-order valence-corrected chi connectivity index (χ4v) is 3.28. The molecule has 0 aliphatic rings. The minimum absolute atomic E-state index is 0.00256. The molecule has 0 radical (unpaired) electrons. The van der Waals surface area contributed by atoms with Crippen molar-refractivity contribution in [3.8, 4) is 0 Å². The first-order valence-corrected chi connectivity index (χ1v) is 9.86. The van der Waals surface area contributed by atoms with Crippen molar-refractivity contribution in [2.45, 2.75) is 39.8 Å². The molecule has 0 saturated carbocycles. The van der Waals surface area contributed by atoms with Gasteiger partial charge in [-0.05, 0) is 18.4 Å². The number of nitrogens with zero attached hydrogens (tertiary/aromatic N) is 5. The second kappa shape index (κ2) is 9.29. The Balaban J connectivity index is 1.71. The van der Waals surface area contributed by atoms with Crippen molar-refractivity contribution in [1.29, 1.82) is 0 Å². The third-order valence-electron chi connectivity index (χ3n) is 5.10. The molecule has 2 aromatic heterocycles. The minimum Gasteiger partial charge on any atom is -0.354 e. The molecule has 3 rings (SSSR count). The summed E-state index contributed by atoms with van der Waals surface area (Å²) in [5.74, 6) is 0.0268. The van der Waals surface area contributed by atoms with Crippen molar-refractivity contribution in [2.75, 3.05) is 6.54 Å². The lowest BCUT2D eigenvalue weighted by Crippen LogP contribution is -2.32. The van der Waals surface area contributed by atoms with Crippen LogP contribution in [-0.4, -0.2) is 36.7 Å². The molecular formula is C20H24N6O4. The van der Waals surface area contributed by atoms with E-state index in [0.717, 1.165) is 18.4 Å². The van der Waals surface area contributed by atoms with Crippen LogP contribution in [0.25, 0.3) is 11.0 Å². The highest BCUT2D eigenvalue weighted by Gasteiger charge is 2.14. The summed E-state index contributed by atoms with van der Waals surface area (Å²) in [6, 6.07) is 6.03. The number of aromatic nitrogens is 4. The van der Waals surface area contributed by atoms with Crippen LogP contribution in [0.15, 0.2) is 41.6 Å². The molecule has 0 unspecified atom stereocenters. The maximum Gasteiger partial charge on any atom is 0.269 e. The van der Waals surface area contributed by atoms with E-state index in [4.69, 9.17) is 0 Å². The molecule has 10 nitrogen and oxygen atoms in total. The summed E-state index contributed by atoms with van der Waals surface area (Å²) in [5.41, 5.74) is 0.958. The summed E-state index contributed by atoms with van der Waals surface area (Å²) in [5, 5.41) is 18.3. The van der Waals surface area contributed by atoms with Gasteiger partial charge in [0.15, 0.2) is 5.65 Å². The second-order valence-corrected chi connectivity index (χ2v) is 7.01. The maximum atomic E-state index is 12.8. The number of hydrogen-bond donors (Lipinski definition) is 1. The zero-order valence-corrected chi connectivity index (χ0v) is 16.9. The van der Waals surface area contributed by atoms with Gasteiger partial charge in [-0.2, -0.15) is 5.10 Å². The van der Waals surface area contributed by atoms with Crippen molar-refractivity contribution in [1.82, 2.24) is 24.6 Å². The summed E-state index contributed by atoms with van der Waals surface area (Å²) in [6.45, 7) is 5.03. The predicted octanol–water partition coefficient (Wildman–Crippen LogP) is 2.10. The number of amides is 1. The summed E-state index contributed by atoms with van der Waals surface area (Å²) in [7, 11) is 0. The van der Waals surface area contributed by atoms with E-state index < -0.39 is 4.92 Å². The lowest BCUT2D eigenvalue weighted by atomic mass is 10.0. The van der Waals surface area contributed by atoms with Crippen LogP contribution in [0.1, 0.15) is 32.3 Å². The van der Waals surface area contributed by atoms with E-state index in [1.807, 2.05) is 13.8 Å². The molecule has 0 spiro atoms. The van der Waals surface area contributed by atoms with Gasteiger partial charge in [-0.15, -0.1) is 0 Å². The number of nitro benzene ring substituents is 1. The molecule has 1 amide bonds. The lowest BCUT2D eigenvalue weighted by molar-refractivity contribution is -0.384. The van der Waals surface area contributed by atoms with Crippen LogP contribution in [0.5, 0.6) is 0 Å². The van der Waals surface area contributed by atoms with Crippen molar-refractivity contribution < 1.29 is 9.72 Å². The number of nitrogens with one attached hydrogen (secondary N) is 1. The SMILES string of the molecule is CCC(CC)C(=O)NCCn1ncc2c(=O)n(Cc3ccc([N+](=O)[O-])cc3)cnc21. The number of carbonyl (C=O) groups excluding carboxylic acids is 1. The maximum absolute atomic E-state index is 12.8. The van der Waals surface area contributed by atoms with Crippen LogP contribution >= 0.6 is 0 Å². The standard InChI is InChI=1S/C20H24N6O4/c1-3-15(4-2)19(27)21-9-10-25-18-17(11-23-25)20(28)24(13-22-18)12-14-5-7-16(8-6-14)26(29)30/h5-8,11,13,15H,3-4,9-10,12H2,1-2H3,(H,21,27). The molecule has 1 N–H and O–H groups in total. The van der Waals surface area contributed by atoms with Gasteiger partial charge >= 0.3 is 0 Å². The van der Waals surface area contributed by atoms with E-state index in [0.29, 0.717) is 24.1 Å². The van der Waals surface area contributed by atoms with Crippen LogP contribution in [0.3, 0.4) is 0 Å². The van der Waals surface area contributed by atoms with Gasteiger partial charge < -0.3 is 5.32 Å². The highest BCUT2D eigenvalue weighted by molar-refractivity contribution is 5.78. The first-order valence-electron chi connectivity index (χ1n) is 9.86. The smallest absolute Gasteiger partial charge is 0.269 e. The van der Waals surface area contributed by atoms with Gasteiger partial charge in [-0.1, -0.05) is 26.0 Å². The first kappa shape index (κ1) is 21.2. The second-order valence-electron chi connectivity index (χ2n) is 7.01. The third kappa shape index (κ3) is 4.53. The normalized spacial score (nSPS) is 11.2. The molecule has 158 valence electrons. The molecule has 10 heteroatoms. The summed E-state index contributed by atoms with van der Waals surface area (Å²) < 4.78 is 3.03. The Labute approximate surface area is 172 Å². The Kier molecular flexibility index (Phi) is 6.55. The summed E-state index contributed by atoms with van der Waals surface area (Å²) in [4.78, 5) is 39.5. The quantitative estimate of drug-likeness (QED) is 0.424. The predicted molar refractivity (Wildman–Crippen MR) is 111 cm³/mol. The summed E-state index contributed by atoms with van der Waals surface area (Å²) in [6.07, 6.45) is 4.50. The van der Waals surface area contributed by atoms with Gasteiger partial charge in [-0.25, -0.2) is 9.67 Å². The topological polar surface area (TPSA) is 125 Å². The number of hydrogen-bond acceptors (Lipinski definition) is 6. The monoisotopic (exact) mass is 412 g/mol. The van der Waals surface area contributed by atoms with Gasteiger partial charge in [0.1, 0.15) is 11.7 Å². The Morgan fingerprint density at radius 2 is 1.93 bits per heavy atom. The highest BCUT2D eigenvalue weighted by atomic mass is 16.6. The van der Waals surface area contributed by atoms with Crippen molar-refractivity contribution in [3.63, 3.8) is 0 Å². The number of benzene rings is 1. The molecule has 1 aromatic carbocycles. The van der Waals surface area contributed by atoms with E-state index in [2.05, 4.69) is 15.4 Å². The van der Waals surface area contributed by atoms with Crippen LogP contribution < -0.4 is 10.9 Å². The number of rotatable bonds is 9. The largest absolute Gasteiger partial charge is 0.354 e. The Bertz CT molecular complexity index is 1100. The molecule has 3 aromatic rings. The zero-order valence-electron chi connectivity index (χ0n) is 16.9. The van der Waals surface area contributed by atoms with Gasteiger partial charge in [0.05, 0.1) is 24.2 Å². The van der Waals surface area contributed by atoms with Gasteiger partial charge in [0.2, 0.25) is 5.91 Å². The molecule has 0 bridgehead atoms. The molecule has 0 atom stereocenters. The van der Waals surface area contributed by atoms with E-state index in [-0.39, 0.29) is 29.6 Å². The minimum atomic E-state index is -0.467. The van der Waals surface area contributed by atoms with E-state index in [1.165, 1.54) is 29.2 Å². The van der Waals surface area contributed by atoms with E-state index >= 15 is 0 Å². The van der Waals surface area contributed by atoms with Gasteiger partial charge in [0.25, 0.3) is 11.2 Å². The number of carbonyl (C=O) groups is 1. The van der Waals surface area contributed by atoms with Crippen LogP contribution in [-0.2, 0) is 17.9 Å². The third-order valence-corrected chi connectivity index (χ3v) is 5.10. The molecule has 0 saturated heterocycles. The summed E-state index contributed by atoms with van der Waals surface area (Å²) >= 11 is 0. The van der Waals surface area contributed by atoms with E-state index in [9.17, 15) is 19.7 Å². The van der Waals surface area contributed by atoms with Crippen molar-refractivity contribution in [2.24, 2.45) is 5.92 Å². The average Bonchev–Trinajstić information content (AvgIpc) is 3.15. The molecule has 2 heterocycles. The van der Waals surface area contributed by atoms with Crippen molar-refractivity contribution >= 4 is 22.6 Å². The van der Waals surface area contributed by atoms with Crippen LogP contribution in [0.4, 0.5) is 5.69 Å². The molecule has 30 heavy (non-hydrogen) atoms. The average molecular weight is 412 g/mol. The van der Waals surface area contributed by atoms with Crippen molar-refractivity contribution in [3.05, 3.63) is 62.8 Å². The fraction of sp³-hybridized carbons (Fsp3) is 0.400. The van der Waals surface area contributed by atoms with Gasteiger partial charge in [-0.3, -0.25) is 24.3 Å². The molecule has 0 aliphatic carbocycles. The van der Waals surface area contributed by atoms with E-state index in [1.54, 1.807) is 16.8 Å². The highest BCUT2D eigenvalue weighted by Crippen LogP contribution is 2.13. The molecule has 0 fully saturated rings.